The number of hydrogen-bond acceptors (Lipinski definition) is 3. The van der Waals surface area contributed by atoms with Gasteiger partial charge in [-0.15, -0.1) is 0 Å². The van der Waals surface area contributed by atoms with Crippen molar-refractivity contribution in [2.45, 2.75) is 59.3 Å². The lowest BCUT2D eigenvalue weighted by atomic mass is 10.4. The van der Waals surface area contributed by atoms with Gasteiger partial charge in [0.2, 0.25) is 0 Å². The van der Waals surface area contributed by atoms with Crippen LogP contribution in [0.25, 0.3) is 0 Å². The third-order valence-corrected chi connectivity index (χ3v) is 4.95. The van der Waals surface area contributed by atoms with Gasteiger partial charge < -0.3 is 13.3 Å². The Labute approximate surface area is 112 Å². The van der Waals surface area contributed by atoms with E-state index >= 15 is 0 Å². The van der Waals surface area contributed by atoms with Gasteiger partial charge in [0.15, 0.2) is 0 Å². The van der Waals surface area contributed by atoms with Crippen LogP contribution in [0.5, 0.6) is 0 Å². The molecule has 0 aromatic rings. The molecule has 0 heterocycles. The van der Waals surface area contributed by atoms with Crippen molar-refractivity contribution in [1.29, 1.82) is 0 Å². The summed E-state index contributed by atoms with van der Waals surface area (Å²) in [7, 11) is -2.89. The summed E-state index contributed by atoms with van der Waals surface area (Å²) in [5, 5.41) is 0. The lowest BCUT2D eigenvalue weighted by Gasteiger charge is -2.23. The monoisotopic (exact) mass is 282 g/mol. The second kappa shape index (κ2) is 11.5. The van der Waals surface area contributed by atoms with Crippen LogP contribution in [0.1, 0.15) is 59.3 Å². The highest BCUT2D eigenvalue weighted by atomic mass is 35.6. The molecule has 0 aliphatic heterocycles. The summed E-state index contributed by atoms with van der Waals surface area (Å²) < 4.78 is 16.9. The fraction of sp³-hybridized carbons (Fsp3) is 1.00. The molecule has 0 bridgehead atoms. The average Bonchev–Trinajstić information content (AvgIpc) is 2.30. The Balaban J connectivity index is 3.95. The van der Waals surface area contributed by atoms with E-state index in [4.69, 9.17) is 24.4 Å². The van der Waals surface area contributed by atoms with E-state index in [1.54, 1.807) is 0 Å². The van der Waals surface area contributed by atoms with Crippen molar-refractivity contribution in [1.82, 2.24) is 0 Å². The zero-order valence-corrected chi connectivity index (χ0v) is 13.2. The predicted octanol–water partition coefficient (Wildman–Crippen LogP) is 4.11. The Bertz CT molecular complexity index is 143. The molecule has 0 saturated heterocycles. The summed E-state index contributed by atoms with van der Waals surface area (Å²) in [5.74, 6) is 0. The number of unbranched alkanes of at least 4 members (excludes halogenated alkanes) is 3. The fourth-order valence-electron chi connectivity index (χ4n) is 1.14. The fourth-order valence-corrected chi connectivity index (χ4v) is 3.25. The molecule has 0 amide bonds. The minimum absolute atomic E-state index is 0.629. The molecule has 0 unspecified atom stereocenters. The average molecular weight is 283 g/mol. The van der Waals surface area contributed by atoms with E-state index in [1.165, 1.54) is 0 Å². The second-order valence-electron chi connectivity index (χ2n) is 4.09. The quantitative estimate of drug-likeness (QED) is 0.306. The smallest absolute Gasteiger partial charge is 0.362 e. The van der Waals surface area contributed by atoms with E-state index < -0.39 is 8.11 Å². The van der Waals surface area contributed by atoms with E-state index in [0.29, 0.717) is 19.8 Å². The summed E-state index contributed by atoms with van der Waals surface area (Å²) in [4.78, 5) is 0. The van der Waals surface area contributed by atoms with Gasteiger partial charge >= 0.3 is 8.11 Å². The van der Waals surface area contributed by atoms with Gasteiger partial charge in [-0.1, -0.05) is 51.1 Å². The van der Waals surface area contributed by atoms with Crippen molar-refractivity contribution in [3.8, 4) is 0 Å². The van der Waals surface area contributed by atoms with Crippen LogP contribution < -0.4 is 0 Å². The topological polar surface area (TPSA) is 27.7 Å². The Kier molecular flexibility index (Phi) is 11.7. The summed E-state index contributed by atoms with van der Waals surface area (Å²) >= 11 is 6.32. The molecule has 0 aliphatic rings. The maximum atomic E-state index is 6.32. The van der Waals surface area contributed by atoms with E-state index in [1.807, 2.05) is 0 Å². The van der Waals surface area contributed by atoms with Gasteiger partial charge in [-0.2, -0.15) is 0 Å². The lowest BCUT2D eigenvalue weighted by Crippen LogP contribution is -2.41. The second-order valence-corrected chi connectivity index (χ2v) is 7.31. The molecule has 0 N–H and O–H groups in total. The maximum absolute atomic E-state index is 6.32. The van der Waals surface area contributed by atoms with E-state index in [0.717, 1.165) is 38.5 Å². The number of hydrogen-bond donors (Lipinski definition) is 0. The van der Waals surface area contributed by atoms with Gasteiger partial charge in [0, 0.05) is 19.8 Å². The van der Waals surface area contributed by atoms with Gasteiger partial charge in [-0.3, -0.25) is 0 Å². The molecular weight excluding hydrogens is 256 g/mol. The van der Waals surface area contributed by atoms with Crippen LogP contribution in [0, 0.1) is 0 Å². The summed E-state index contributed by atoms with van der Waals surface area (Å²) in [6.45, 7) is 8.25. The largest absolute Gasteiger partial charge is 0.613 e. The third kappa shape index (κ3) is 10.0. The SMILES string of the molecule is CCCCO[Si](Cl)(OCCCC)OCCCC. The van der Waals surface area contributed by atoms with Gasteiger partial charge in [0.1, 0.15) is 0 Å². The van der Waals surface area contributed by atoms with Crippen LogP contribution in [0.3, 0.4) is 0 Å². The van der Waals surface area contributed by atoms with Gasteiger partial charge in [-0.25, -0.2) is 0 Å². The van der Waals surface area contributed by atoms with Crippen molar-refractivity contribution in [3.63, 3.8) is 0 Å². The molecule has 5 heteroatoms. The van der Waals surface area contributed by atoms with E-state index in [2.05, 4.69) is 20.8 Å². The van der Waals surface area contributed by atoms with Gasteiger partial charge in [0.25, 0.3) is 0 Å². The van der Waals surface area contributed by atoms with Crippen LogP contribution in [0.2, 0.25) is 0 Å². The minimum atomic E-state index is -2.89. The highest BCUT2D eigenvalue weighted by Crippen LogP contribution is 2.17. The van der Waals surface area contributed by atoms with Crippen molar-refractivity contribution >= 4 is 19.2 Å². The first-order valence-electron chi connectivity index (χ1n) is 6.79. The first-order chi connectivity index (χ1) is 8.18. The minimum Gasteiger partial charge on any atom is -0.362 e. The van der Waals surface area contributed by atoms with Crippen LogP contribution in [-0.4, -0.2) is 27.9 Å². The Morgan fingerprint density at radius 2 is 1.00 bits per heavy atom. The molecule has 0 aromatic carbocycles. The van der Waals surface area contributed by atoms with Gasteiger partial charge in [-0.05, 0) is 19.3 Å². The first-order valence-corrected chi connectivity index (χ1v) is 9.53. The third-order valence-electron chi connectivity index (χ3n) is 2.32. The standard InChI is InChI=1S/C12H27ClO3Si/c1-4-7-10-14-17(13,15-11-8-5-2)16-12-9-6-3/h4-12H2,1-3H3. The van der Waals surface area contributed by atoms with Gasteiger partial charge in [0.05, 0.1) is 0 Å². The molecule has 104 valence electrons. The molecule has 3 nitrogen and oxygen atoms in total. The highest BCUT2D eigenvalue weighted by molar-refractivity contribution is 7.09. The number of halogens is 1. The van der Waals surface area contributed by atoms with Crippen LogP contribution >= 0.6 is 11.1 Å². The normalized spacial score (nSPS) is 12.0. The Hall–Kier alpha value is 0.387. The van der Waals surface area contributed by atoms with Crippen LogP contribution in [0.15, 0.2) is 0 Å². The predicted molar refractivity (Wildman–Crippen MR) is 74.2 cm³/mol. The Morgan fingerprint density at radius 3 is 1.24 bits per heavy atom. The highest BCUT2D eigenvalue weighted by Gasteiger charge is 2.39. The van der Waals surface area contributed by atoms with E-state index in [9.17, 15) is 0 Å². The summed E-state index contributed by atoms with van der Waals surface area (Å²) in [5.41, 5.74) is 0. The number of rotatable bonds is 12. The van der Waals surface area contributed by atoms with E-state index in [-0.39, 0.29) is 0 Å². The molecule has 0 aliphatic carbocycles. The molecule has 0 rings (SSSR count). The molecule has 0 saturated carbocycles. The zero-order valence-electron chi connectivity index (χ0n) is 11.5. The van der Waals surface area contributed by atoms with Crippen molar-refractivity contribution in [3.05, 3.63) is 0 Å². The molecular formula is C12H27ClO3Si. The lowest BCUT2D eigenvalue weighted by molar-refractivity contribution is 0.0780. The summed E-state index contributed by atoms with van der Waals surface area (Å²) in [6.07, 6.45) is 6.25. The zero-order chi connectivity index (χ0) is 13.0. The van der Waals surface area contributed by atoms with Crippen LogP contribution in [0.4, 0.5) is 0 Å². The molecule has 0 aromatic heterocycles. The molecule has 0 radical (unpaired) electrons. The molecule has 0 fully saturated rings. The first kappa shape index (κ1) is 17.4. The van der Waals surface area contributed by atoms with Crippen molar-refractivity contribution < 1.29 is 13.3 Å². The van der Waals surface area contributed by atoms with Crippen molar-refractivity contribution in [2.24, 2.45) is 0 Å². The van der Waals surface area contributed by atoms with Crippen LogP contribution in [-0.2, 0) is 13.3 Å². The maximum Gasteiger partial charge on any atom is 0.613 e. The molecule has 17 heavy (non-hydrogen) atoms. The summed E-state index contributed by atoms with van der Waals surface area (Å²) in [6, 6.07) is 0. The Morgan fingerprint density at radius 1 is 0.706 bits per heavy atom. The molecule has 0 atom stereocenters. The molecule has 0 spiro atoms. The van der Waals surface area contributed by atoms with Crippen molar-refractivity contribution in [2.75, 3.05) is 19.8 Å².